The molecule has 1 aromatic carbocycles. The lowest BCUT2D eigenvalue weighted by molar-refractivity contribution is 0.172. The van der Waals surface area contributed by atoms with Crippen molar-refractivity contribution in [2.45, 2.75) is 0 Å². The zero-order chi connectivity index (χ0) is 13.5. The van der Waals surface area contributed by atoms with Gasteiger partial charge in [-0.1, -0.05) is 11.6 Å². The van der Waals surface area contributed by atoms with Gasteiger partial charge in [0.05, 0.1) is 5.52 Å². The van der Waals surface area contributed by atoms with E-state index >= 15 is 0 Å². The second kappa shape index (κ2) is 4.61. The summed E-state index contributed by atoms with van der Waals surface area (Å²) >= 11 is 7.88. The largest absolute Gasteiger partial charge is 0.486 e. The first kappa shape index (κ1) is 11.9. The van der Waals surface area contributed by atoms with Gasteiger partial charge in [0.2, 0.25) is 0 Å². The minimum absolute atomic E-state index is 0.424. The van der Waals surface area contributed by atoms with Gasteiger partial charge in [-0.25, -0.2) is 9.97 Å². The van der Waals surface area contributed by atoms with E-state index in [0.717, 1.165) is 16.5 Å². The van der Waals surface area contributed by atoms with Crippen LogP contribution in [-0.4, -0.2) is 23.2 Å². The molecule has 4 rings (SSSR count). The monoisotopic (exact) mass is 304 g/mol. The standard InChI is InChI=1S/C14H9ClN2O2S/c15-13-9-5-11-12(19-3-2-18-11)6-10(9)16-14(17-13)8-1-4-20-7-8/h1,4-7H,2-3H2. The molecule has 1 aliphatic heterocycles. The van der Waals surface area contributed by atoms with E-state index < -0.39 is 0 Å². The van der Waals surface area contributed by atoms with Crippen LogP contribution >= 0.6 is 22.9 Å². The van der Waals surface area contributed by atoms with Crippen LogP contribution in [0, 0.1) is 0 Å². The average Bonchev–Trinajstić information content (AvgIpc) is 2.99. The molecule has 0 spiro atoms. The maximum atomic E-state index is 6.28. The molecule has 0 bridgehead atoms. The average molecular weight is 305 g/mol. The highest BCUT2D eigenvalue weighted by atomic mass is 35.5. The lowest BCUT2D eigenvalue weighted by Crippen LogP contribution is -2.15. The molecule has 0 amide bonds. The van der Waals surface area contributed by atoms with E-state index in [9.17, 15) is 0 Å². The van der Waals surface area contributed by atoms with Crippen molar-refractivity contribution in [3.8, 4) is 22.9 Å². The Balaban J connectivity index is 1.95. The van der Waals surface area contributed by atoms with E-state index in [1.165, 1.54) is 0 Å². The number of aromatic nitrogens is 2. The summed E-state index contributed by atoms with van der Waals surface area (Å²) in [4.78, 5) is 8.92. The molecule has 3 aromatic rings. The van der Waals surface area contributed by atoms with Gasteiger partial charge in [-0.15, -0.1) is 0 Å². The number of rotatable bonds is 1. The lowest BCUT2D eigenvalue weighted by Gasteiger charge is -2.18. The molecule has 6 heteroatoms. The molecule has 0 radical (unpaired) electrons. The van der Waals surface area contributed by atoms with E-state index in [-0.39, 0.29) is 0 Å². The first-order valence-corrected chi connectivity index (χ1v) is 7.43. The van der Waals surface area contributed by atoms with Crippen LogP contribution in [0.2, 0.25) is 5.15 Å². The number of halogens is 1. The normalized spacial score (nSPS) is 13.7. The maximum absolute atomic E-state index is 6.28. The van der Waals surface area contributed by atoms with Crippen molar-refractivity contribution in [2.75, 3.05) is 13.2 Å². The molecule has 0 unspecified atom stereocenters. The molecule has 0 fully saturated rings. The zero-order valence-corrected chi connectivity index (χ0v) is 11.9. The minimum Gasteiger partial charge on any atom is -0.486 e. The molecular formula is C14H9ClN2O2S. The molecule has 0 N–H and O–H groups in total. The van der Waals surface area contributed by atoms with Crippen LogP contribution in [0.4, 0.5) is 0 Å². The maximum Gasteiger partial charge on any atom is 0.163 e. The predicted molar refractivity (Wildman–Crippen MR) is 78.9 cm³/mol. The van der Waals surface area contributed by atoms with Gasteiger partial charge in [-0.3, -0.25) is 0 Å². The second-order valence-corrected chi connectivity index (χ2v) is 5.50. The summed E-state index contributed by atoms with van der Waals surface area (Å²) in [6.45, 7) is 1.10. The molecule has 0 saturated carbocycles. The summed E-state index contributed by atoms with van der Waals surface area (Å²) in [6, 6.07) is 5.66. The van der Waals surface area contributed by atoms with Crippen molar-refractivity contribution < 1.29 is 9.47 Å². The SMILES string of the molecule is Clc1nc(-c2ccsc2)nc2cc3c(cc12)OCCO3. The third-order valence-corrected chi connectivity index (χ3v) is 4.06. The van der Waals surface area contributed by atoms with Crippen molar-refractivity contribution in [1.29, 1.82) is 0 Å². The molecule has 20 heavy (non-hydrogen) atoms. The Morgan fingerprint density at radius 2 is 1.90 bits per heavy atom. The number of hydrogen-bond acceptors (Lipinski definition) is 5. The Kier molecular flexibility index (Phi) is 2.75. The van der Waals surface area contributed by atoms with Crippen molar-refractivity contribution in [2.24, 2.45) is 0 Å². The molecule has 4 nitrogen and oxygen atoms in total. The van der Waals surface area contributed by atoms with Gasteiger partial charge in [-0.05, 0) is 17.5 Å². The van der Waals surface area contributed by atoms with E-state index in [1.54, 1.807) is 11.3 Å². The lowest BCUT2D eigenvalue weighted by atomic mass is 10.2. The van der Waals surface area contributed by atoms with Gasteiger partial charge in [-0.2, -0.15) is 11.3 Å². The highest BCUT2D eigenvalue weighted by molar-refractivity contribution is 7.08. The summed E-state index contributed by atoms with van der Waals surface area (Å²) in [7, 11) is 0. The van der Waals surface area contributed by atoms with Gasteiger partial charge in [0, 0.05) is 22.4 Å². The Bertz CT molecular complexity index is 789. The van der Waals surface area contributed by atoms with Gasteiger partial charge >= 0.3 is 0 Å². The molecular weight excluding hydrogens is 296 g/mol. The van der Waals surface area contributed by atoms with Gasteiger partial charge in [0.25, 0.3) is 0 Å². The molecule has 2 aromatic heterocycles. The second-order valence-electron chi connectivity index (χ2n) is 4.36. The number of thiophene rings is 1. The van der Waals surface area contributed by atoms with E-state index in [0.29, 0.717) is 35.7 Å². The van der Waals surface area contributed by atoms with Gasteiger partial charge in [0.15, 0.2) is 17.3 Å². The summed E-state index contributed by atoms with van der Waals surface area (Å²) in [6.07, 6.45) is 0. The Labute approximate surface area is 124 Å². The predicted octanol–water partition coefficient (Wildman–Crippen LogP) is 3.78. The summed E-state index contributed by atoms with van der Waals surface area (Å²) in [5.74, 6) is 2.02. The van der Waals surface area contributed by atoms with Gasteiger partial charge in [0.1, 0.15) is 18.4 Å². The number of nitrogens with zero attached hydrogens (tertiary/aromatic N) is 2. The van der Waals surface area contributed by atoms with E-state index in [2.05, 4.69) is 9.97 Å². The van der Waals surface area contributed by atoms with Crippen LogP contribution in [-0.2, 0) is 0 Å². The van der Waals surface area contributed by atoms with Gasteiger partial charge < -0.3 is 9.47 Å². The Hall–Kier alpha value is -1.85. The fourth-order valence-electron chi connectivity index (χ4n) is 2.15. The minimum atomic E-state index is 0.424. The van der Waals surface area contributed by atoms with Crippen LogP contribution in [0.5, 0.6) is 11.5 Å². The molecule has 3 heterocycles. The van der Waals surface area contributed by atoms with Crippen LogP contribution in [0.3, 0.4) is 0 Å². The Morgan fingerprint density at radius 3 is 2.65 bits per heavy atom. The third-order valence-electron chi connectivity index (χ3n) is 3.09. The highest BCUT2D eigenvalue weighted by Gasteiger charge is 2.16. The van der Waals surface area contributed by atoms with E-state index in [4.69, 9.17) is 21.1 Å². The molecule has 0 atom stereocenters. The highest BCUT2D eigenvalue weighted by Crippen LogP contribution is 2.36. The molecule has 0 saturated heterocycles. The Morgan fingerprint density at radius 1 is 1.10 bits per heavy atom. The van der Waals surface area contributed by atoms with Crippen LogP contribution in [0.1, 0.15) is 0 Å². The number of fused-ring (bicyclic) bond motifs is 2. The molecule has 1 aliphatic rings. The molecule has 0 aliphatic carbocycles. The fraction of sp³-hybridized carbons (Fsp3) is 0.143. The van der Waals surface area contributed by atoms with Crippen molar-refractivity contribution >= 4 is 33.8 Å². The summed E-state index contributed by atoms with van der Waals surface area (Å²) in [5, 5.41) is 5.18. The summed E-state index contributed by atoms with van der Waals surface area (Å²) in [5.41, 5.74) is 1.73. The van der Waals surface area contributed by atoms with E-state index in [1.807, 2.05) is 29.0 Å². The van der Waals surface area contributed by atoms with Crippen molar-refractivity contribution in [3.05, 3.63) is 34.1 Å². The quantitative estimate of drug-likeness (QED) is 0.642. The van der Waals surface area contributed by atoms with Crippen LogP contribution in [0.25, 0.3) is 22.3 Å². The number of hydrogen-bond donors (Lipinski definition) is 0. The number of ether oxygens (including phenoxy) is 2. The first-order valence-electron chi connectivity index (χ1n) is 6.11. The number of benzene rings is 1. The topological polar surface area (TPSA) is 44.2 Å². The fourth-order valence-corrected chi connectivity index (χ4v) is 3.01. The van der Waals surface area contributed by atoms with Crippen molar-refractivity contribution in [3.63, 3.8) is 0 Å². The first-order chi connectivity index (χ1) is 9.81. The zero-order valence-electron chi connectivity index (χ0n) is 10.3. The van der Waals surface area contributed by atoms with Crippen LogP contribution in [0.15, 0.2) is 29.0 Å². The van der Waals surface area contributed by atoms with Crippen molar-refractivity contribution in [1.82, 2.24) is 9.97 Å². The summed E-state index contributed by atoms with van der Waals surface area (Å²) < 4.78 is 11.1. The molecule has 100 valence electrons. The smallest absolute Gasteiger partial charge is 0.163 e. The van der Waals surface area contributed by atoms with Crippen LogP contribution < -0.4 is 9.47 Å². The third kappa shape index (κ3) is 1.90.